The first-order valence-electron chi connectivity index (χ1n) is 10.6. The molecule has 9 heteroatoms. The molecule has 1 heterocycles. The fraction of sp³-hybridized carbons (Fsp3) is 0.320. The Kier molecular flexibility index (Phi) is 7.66. The van der Waals surface area contributed by atoms with Crippen molar-refractivity contribution in [2.24, 2.45) is 5.41 Å². The van der Waals surface area contributed by atoms with E-state index in [-0.39, 0.29) is 40.8 Å². The highest BCUT2D eigenvalue weighted by atomic mass is 32.2. The minimum absolute atomic E-state index is 0.0365. The van der Waals surface area contributed by atoms with Gasteiger partial charge >= 0.3 is 10.1 Å². The normalized spacial score (nSPS) is 11.8. The summed E-state index contributed by atoms with van der Waals surface area (Å²) in [5.41, 5.74) is 0.426. The van der Waals surface area contributed by atoms with Gasteiger partial charge in [-0.2, -0.15) is 8.42 Å². The zero-order valence-corrected chi connectivity index (χ0v) is 20.4. The van der Waals surface area contributed by atoms with Gasteiger partial charge in [-0.1, -0.05) is 26.8 Å². The summed E-state index contributed by atoms with van der Waals surface area (Å²) in [5.74, 6) is 0.168. The van der Waals surface area contributed by atoms with Crippen molar-refractivity contribution in [3.8, 4) is 11.5 Å². The number of carbonyl (C=O) groups is 1. The third-order valence-corrected chi connectivity index (χ3v) is 6.11. The summed E-state index contributed by atoms with van der Waals surface area (Å²) in [6.45, 7) is 6.41. The number of methoxy groups -OCH3 is 1. The van der Waals surface area contributed by atoms with Crippen LogP contribution in [0.5, 0.6) is 11.5 Å². The molecule has 0 spiro atoms. The van der Waals surface area contributed by atoms with E-state index in [1.807, 2.05) is 20.8 Å². The summed E-state index contributed by atoms with van der Waals surface area (Å²) in [7, 11) is -2.84. The SMILES string of the molecule is COc1ccc(CN(Cc2ccco2)C(=O)CC(C)(C)C)cc1OS(=O)(=O)c1ccc(F)cc1. The maximum Gasteiger partial charge on any atom is 0.339 e. The van der Waals surface area contributed by atoms with E-state index >= 15 is 0 Å². The van der Waals surface area contributed by atoms with E-state index in [4.69, 9.17) is 13.3 Å². The zero-order valence-electron chi connectivity index (χ0n) is 19.6. The quantitative estimate of drug-likeness (QED) is 0.386. The molecule has 0 fully saturated rings. The number of carbonyl (C=O) groups excluding carboxylic acids is 1. The van der Waals surface area contributed by atoms with Gasteiger partial charge in [0.2, 0.25) is 5.91 Å². The zero-order chi connectivity index (χ0) is 24.9. The van der Waals surface area contributed by atoms with Gasteiger partial charge in [0.25, 0.3) is 0 Å². The van der Waals surface area contributed by atoms with E-state index in [9.17, 15) is 17.6 Å². The topological polar surface area (TPSA) is 86.0 Å². The van der Waals surface area contributed by atoms with E-state index in [2.05, 4.69) is 0 Å². The summed E-state index contributed by atoms with van der Waals surface area (Å²) in [6.07, 6.45) is 1.87. The Morgan fingerprint density at radius 2 is 1.74 bits per heavy atom. The second kappa shape index (κ2) is 10.3. The van der Waals surface area contributed by atoms with Crippen molar-refractivity contribution >= 4 is 16.0 Å². The molecule has 0 bridgehead atoms. The fourth-order valence-corrected chi connectivity index (χ4v) is 4.19. The molecule has 1 aromatic heterocycles. The predicted octanol–water partition coefficient (Wildman–Crippen LogP) is 5.16. The molecule has 7 nitrogen and oxygen atoms in total. The van der Waals surface area contributed by atoms with E-state index in [1.165, 1.54) is 13.2 Å². The third-order valence-electron chi connectivity index (χ3n) is 4.86. The number of nitrogens with zero attached hydrogens (tertiary/aromatic N) is 1. The largest absolute Gasteiger partial charge is 0.493 e. The van der Waals surface area contributed by atoms with Crippen LogP contribution in [0, 0.1) is 11.2 Å². The molecule has 0 aliphatic carbocycles. The molecule has 0 radical (unpaired) electrons. The lowest BCUT2D eigenvalue weighted by molar-refractivity contribution is -0.134. The van der Waals surface area contributed by atoms with Crippen LogP contribution in [-0.4, -0.2) is 26.3 Å². The van der Waals surface area contributed by atoms with Crippen molar-refractivity contribution in [1.29, 1.82) is 0 Å². The van der Waals surface area contributed by atoms with Crippen LogP contribution in [0.15, 0.2) is 70.2 Å². The van der Waals surface area contributed by atoms with Crippen LogP contribution in [0.2, 0.25) is 0 Å². The van der Waals surface area contributed by atoms with Crippen molar-refractivity contribution in [3.05, 3.63) is 78.0 Å². The number of amides is 1. The number of hydrogen-bond donors (Lipinski definition) is 0. The van der Waals surface area contributed by atoms with Crippen LogP contribution in [0.1, 0.15) is 38.5 Å². The van der Waals surface area contributed by atoms with Gasteiger partial charge in [0.05, 0.1) is 19.9 Å². The summed E-state index contributed by atoms with van der Waals surface area (Å²) < 4.78 is 54.6. The van der Waals surface area contributed by atoms with E-state index in [1.54, 1.807) is 35.4 Å². The van der Waals surface area contributed by atoms with Crippen LogP contribution in [0.4, 0.5) is 4.39 Å². The lowest BCUT2D eigenvalue weighted by Gasteiger charge is -2.26. The second-order valence-corrected chi connectivity index (χ2v) is 10.6. The van der Waals surface area contributed by atoms with Gasteiger partial charge in [-0.05, 0) is 59.5 Å². The average Bonchev–Trinajstić information content (AvgIpc) is 3.25. The Bertz CT molecular complexity index is 1220. The molecule has 3 aromatic rings. The molecular weight excluding hydrogens is 461 g/mol. The number of furan rings is 1. The number of hydrogen-bond acceptors (Lipinski definition) is 6. The molecule has 0 unspecified atom stereocenters. The van der Waals surface area contributed by atoms with Crippen LogP contribution in [-0.2, 0) is 28.0 Å². The van der Waals surface area contributed by atoms with Crippen LogP contribution in [0.25, 0.3) is 0 Å². The predicted molar refractivity (Wildman–Crippen MR) is 124 cm³/mol. The lowest BCUT2D eigenvalue weighted by atomic mass is 9.91. The van der Waals surface area contributed by atoms with Gasteiger partial charge in [-0.25, -0.2) is 4.39 Å². The summed E-state index contributed by atoms with van der Waals surface area (Å²) >= 11 is 0. The Balaban J connectivity index is 1.88. The number of benzene rings is 2. The molecule has 2 aromatic carbocycles. The van der Waals surface area contributed by atoms with Crippen molar-refractivity contribution in [1.82, 2.24) is 4.90 Å². The lowest BCUT2D eigenvalue weighted by Crippen LogP contribution is -2.32. The van der Waals surface area contributed by atoms with E-state index < -0.39 is 15.9 Å². The Labute approximate surface area is 199 Å². The van der Waals surface area contributed by atoms with Crippen LogP contribution >= 0.6 is 0 Å². The molecule has 3 rings (SSSR count). The van der Waals surface area contributed by atoms with Crippen molar-refractivity contribution in [2.75, 3.05) is 7.11 Å². The minimum atomic E-state index is -4.23. The molecule has 0 aliphatic heterocycles. The number of ether oxygens (including phenoxy) is 1. The van der Waals surface area contributed by atoms with Crippen LogP contribution in [0.3, 0.4) is 0 Å². The van der Waals surface area contributed by atoms with E-state index in [0.29, 0.717) is 17.7 Å². The highest BCUT2D eigenvalue weighted by Crippen LogP contribution is 2.32. The monoisotopic (exact) mass is 489 g/mol. The van der Waals surface area contributed by atoms with Gasteiger partial charge in [-0.3, -0.25) is 4.79 Å². The second-order valence-electron chi connectivity index (χ2n) is 9.04. The first kappa shape index (κ1) is 25.3. The van der Waals surface area contributed by atoms with Crippen LogP contribution < -0.4 is 8.92 Å². The molecule has 0 aliphatic rings. The minimum Gasteiger partial charge on any atom is -0.493 e. The summed E-state index contributed by atoms with van der Waals surface area (Å²) in [6, 6.07) is 12.7. The van der Waals surface area contributed by atoms with Crippen molar-refractivity contribution in [2.45, 2.75) is 45.2 Å². The highest BCUT2D eigenvalue weighted by molar-refractivity contribution is 7.87. The Morgan fingerprint density at radius 3 is 2.32 bits per heavy atom. The number of halogens is 1. The molecule has 0 atom stereocenters. The van der Waals surface area contributed by atoms with Gasteiger partial charge < -0.3 is 18.2 Å². The smallest absolute Gasteiger partial charge is 0.339 e. The first-order valence-corrected chi connectivity index (χ1v) is 12.0. The molecule has 1 amide bonds. The highest BCUT2D eigenvalue weighted by Gasteiger charge is 2.24. The fourth-order valence-electron chi connectivity index (χ4n) is 3.26. The molecule has 0 saturated carbocycles. The molecular formula is C25H28FNO6S. The maximum atomic E-state index is 13.2. The summed E-state index contributed by atoms with van der Waals surface area (Å²) in [4.78, 5) is 14.5. The van der Waals surface area contributed by atoms with Gasteiger partial charge in [0, 0.05) is 13.0 Å². The summed E-state index contributed by atoms with van der Waals surface area (Å²) in [5, 5.41) is 0. The molecule has 0 N–H and O–H groups in total. The molecule has 182 valence electrons. The third kappa shape index (κ3) is 6.84. The van der Waals surface area contributed by atoms with Gasteiger partial charge in [0.15, 0.2) is 11.5 Å². The maximum absolute atomic E-state index is 13.2. The van der Waals surface area contributed by atoms with E-state index in [0.717, 1.165) is 24.3 Å². The standard InChI is InChI=1S/C25H28FNO6S/c1-25(2,3)15-24(28)27(17-20-6-5-13-32-20)16-18-7-12-22(31-4)23(14-18)33-34(29,30)21-10-8-19(26)9-11-21/h5-14H,15-17H2,1-4H3. The van der Waals surface area contributed by atoms with Gasteiger partial charge in [-0.15, -0.1) is 0 Å². The first-order chi connectivity index (χ1) is 16.0. The molecule has 34 heavy (non-hydrogen) atoms. The van der Waals surface area contributed by atoms with Crippen molar-refractivity contribution in [3.63, 3.8) is 0 Å². The Hall–Kier alpha value is -3.33. The Morgan fingerprint density at radius 1 is 1.03 bits per heavy atom. The molecule has 0 saturated heterocycles. The van der Waals surface area contributed by atoms with Gasteiger partial charge in [0.1, 0.15) is 16.5 Å². The van der Waals surface area contributed by atoms with Crippen molar-refractivity contribution < 1.29 is 30.9 Å². The number of rotatable bonds is 9. The average molecular weight is 490 g/mol.